The van der Waals surface area contributed by atoms with Crippen LogP contribution in [0, 0.1) is 5.92 Å². The fourth-order valence-corrected chi connectivity index (χ4v) is 7.94. The Morgan fingerprint density at radius 2 is 1.47 bits per heavy atom. The molecule has 0 bridgehead atoms. The van der Waals surface area contributed by atoms with E-state index in [-0.39, 0.29) is 34.8 Å². The van der Waals surface area contributed by atoms with Crippen LogP contribution in [0.4, 0.5) is 15.3 Å². The predicted molar refractivity (Wildman–Crippen MR) is 198 cm³/mol. The summed E-state index contributed by atoms with van der Waals surface area (Å²) in [5, 5.41) is 4.34. The number of rotatable bonds is 13. The van der Waals surface area contributed by atoms with Gasteiger partial charge in [0, 0.05) is 29.3 Å². The Morgan fingerprint density at radius 3 is 2.04 bits per heavy atom. The molecule has 0 aliphatic carbocycles. The molecule has 3 rings (SSSR count). The lowest BCUT2D eigenvalue weighted by molar-refractivity contribution is -0.126. The lowest BCUT2D eigenvalue weighted by atomic mass is 10.0. The lowest BCUT2D eigenvalue weighted by Gasteiger charge is -2.27. The summed E-state index contributed by atoms with van der Waals surface area (Å²) < 4.78 is 16.5. The van der Waals surface area contributed by atoms with Crippen LogP contribution in [0.25, 0.3) is 0 Å². The van der Waals surface area contributed by atoms with Gasteiger partial charge in [-0.3, -0.25) is 9.59 Å². The number of hydrogen-bond donors (Lipinski definition) is 2. The van der Waals surface area contributed by atoms with E-state index in [1.807, 2.05) is 85.7 Å². The van der Waals surface area contributed by atoms with Crippen LogP contribution in [0.1, 0.15) is 73.8 Å². The molecule has 12 heteroatoms. The molecule has 0 spiro atoms. The van der Waals surface area contributed by atoms with Crippen molar-refractivity contribution in [1.29, 1.82) is 0 Å². The Morgan fingerprint density at radius 1 is 0.857 bits per heavy atom. The molecule has 2 aromatic carbocycles. The number of likely N-dealkylation sites (tertiary alicyclic amines) is 1. The summed E-state index contributed by atoms with van der Waals surface area (Å²) in [6, 6.07) is 16.2. The monoisotopic (exact) mass is 715 g/mol. The predicted octanol–water partition coefficient (Wildman–Crippen LogP) is 7.56. The molecule has 1 aliphatic heterocycles. The molecule has 49 heavy (non-hydrogen) atoms. The minimum absolute atomic E-state index is 0.133. The van der Waals surface area contributed by atoms with Gasteiger partial charge in [-0.15, -0.1) is 11.8 Å². The molecule has 3 amide bonds. The minimum atomic E-state index is -0.775. The van der Waals surface area contributed by atoms with Crippen molar-refractivity contribution in [3.8, 4) is 5.75 Å². The van der Waals surface area contributed by atoms with Crippen LogP contribution < -0.4 is 15.4 Å². The molecule has 1 heterocycles. The molecule has 10 nitrogen and oxygen atoms in total. The van der Waals surface area contributed by atoms with Gasteiger partial charge in [-0.25, -0.2) is 9.59 Å². The highest BCUT2D eigenvalue weighted by molar-refractivity contribution is 8.14. The number of benzene rings is 2. The zero-order chi connectivity index (χ0) is 36.4. The number of ether oxygens (including phenoxy) is 3. The molecule has 1 saturated heterocycles. The van der Waals surface area contributed by atoms with Crippen LogP contribution in [0.15, 0.2) is 54.6 Å². The molecule has 1 aliphatic rings. The maximum Gasteiger partial charge on any atom is 0.410 e. The Bertz CT molecular complexity index is 1390. The first-order chi connectivity index (χ1) is 22.9. The molecule has 2 N–H and O–H groups in total. The largest absolute Gasteiger partial charge is 0.497 e. The van der Waals surface area contributed by atoms with Crippen LogP contribution in [0.2, 0.25) is 0 Å². The number of nitrogens with zero attached hydrogens (tertiary/aromatic N) is 1. The fraction of sp³-hybridized carbons (Fsp3) is 0.568. The number of amides is 3. The molecule has 0 radical (unpaired) electrons. The van der Waals surface area contributed by atoms with Gasteiger partial charge >= 0.3 is 11.4 Å². The lowest BCUT2D eigenvalue weighted by Crippen LogP contribution is -2.48. The average molecular weight is 716 g/mol. The Hall–Kier alpha value is -3.38. The summed E-state index contributed by atoms with van der Waals surface area (Å²) in [6.07, 6.45) is 1.09. The number of carbonyl (C=O) groups is 4. The van der Waals surface area contributed by atoms with Crippen molar-refractivity contribution in [2.24, 2.45) is 5.92 Å². The number of methoxy groups -OCH3 is 1. The normalized spacial score (nSPS) is 17.6. The zero-order valence-corrected chi connectivity index (χ0v) is 31.9. The van der Waals surface area contributed by atoms with Crippen molar-refractivity contribution < 1.29 is 33.4 Å². The van der Waals surface area contributed by atoms with Gasteiger partial charge < -0.3 is 29.7 Å². The first-order valence-electron chi connectivity index (χ1n) is 16.7. The van der Waals surface area contributed by atoms with Gasteiger partial charge in [-0.1, -0.05) is 44.2 Å². The molecule has 0 aromatic heterocycles. The molecule has 1 unspecified atom stereocenters. The van der Waals surface area contributed by atoms with E-state index in [1.165, 1.54) is 11.8 Å². The molecule has 4 atom stereocenters. The van der Waals surface area contributed by atoms with Crippen LogP contribution in [-0.2, 0) is 25.5 Å². The second kappa shape index (κ2) is 18.0. The third kappa shape index (κ3) is 14.2. The minimum Gasteiger partial charge on any atom is -0.497 e. The number of hydrogen-bond acceptors (Lipinski definition) is 9. The van der Waals surface area contributed by atoms with Crippen LogP contribution in [-0.4, -0.2) is 81.3 Å². The summed E-state index contributed by atoms with van der Waals surface area (Å²) in [5.74, 6) is 0.223. The maximum absolute atomic E-state index is 14.2. The van der Waals surface area contributed by atoms with Crippen molar-refractivity contribution in [1.82, 2.24) is 10.2 Å². The van der Waals surface area contributed by atoms with Crippen LogP contribution in [0.5, 0.6) is 5.75 Å². The highest BCUT2D eigenvalue weighted by atomic mass is 32.2. The van der Waals surface area contributed by atoms with Crippen LogP contribution in [0.3, 0.4) is 0 Å². The third-order valence-corrected chi connectivity index (χ3v) is 10.2. The Balaban J connectivity index is 1.86. The smallest absolute Gasteiger partial charge is 0.410 e. The van der Waals surface area contributed by atoms with Gasteiger partial charge in [0.2, 0.25) is 11.8 Å². The number of aryl methyl sites for hydroxylation is 1. The summed E-state index contributed by atoms with van der Waals surface area (Å²) in [7, 11) is 1.58. The van der Waals surface area contributed by atoms with E-state index in [0.717, 1.165) is 17.3 Å². The highest BCUT2D eigenvalue weighted by Crippen LogP contribution is 2.37. The highest BCUT2D eigenvalue weighted by Gasteiger charge is 2.42. The van der Waals surface area contributed by atoms with Crippen molar-refractivity contribution in [3.63, 3.8) is 0 Å². The Labute approximate surface area is 300 Å². The van der Waals surface area contributed by atoms with Crippen molar-refractivity contribution in [3.05, 3.63) is 60.2 Å². The number of anilines is 1. The second-order valence-corrected chi connectivity index (χ2v) is 17.2. The molecular weight excluding hydrogens is 663 g/mol. The van der Waals surface area contributed by atoms with E-state index in [2.05, 4.69) is 10.6 Å². The zero-order valence-electron chi connectivity index (χ0n) is 30.2. The summed E-state index contributed by atoms with van der Waals surface area (Å²) >= 11 is 2.48. The van der Waals surface area contributed by atoms with E-state index in [1.54, 1.807) is 36.3 Å². The Kier molecular flexibility index (Phi) is 14.7. The first-order valence-corrected chi connectivity index (χ1v) is 18.6. The van der Waals surface area contributed by atoms with Gasteiger partial charge in [0.15, 0.2) is 0 Å². The SMILES string of the molecule is COc1ccc(NC(=O)[C@H](CC(C)C)NC(=O)[C@@H](CCc2ccccc2)SC2CN(C(=O)OC(C)(C)C)C[C@@H]2SC(=O)OC(C)(C)C)cc1. The van der Waals surface area contributed by atoms with Crippen molar-refractivity contribution in [2.45, 2.75) is 108 Å². The van der Waals surface area contributed by atoms with E-state index in [9.17, 15) is 19.2 Å². The standard InChI is InChI=1S/C37H53N3O7S2/c1-24(2)21-28(32(41)38-26-16-18-27(45-9)19-17-26)39-33(42)29(20-15-25-13-11-10-12-14-25)48-30-22-40(34(43)46-36(3,4)5)23-31(30)49-35(44)47-37(6,7)8/h10-14,16-19,24,28-31H,15,20-23H2,1-9H3,(H,38,41)(H,39,42)/t28-,29+,30?,31-/m0/s1. The maximum atomic E-state index is 14.2. The average Bonchev–Trinajstić information content (AvgIpc) is 3.39. The molecular formula is C37H53N3O7S2. The van der Waals surface area contributed by atoms with E-state index < -0.39 is 33.9 Å². The summed E-state index contributed by atoms with van der Waals surface area (Å²) in [4.78, 5) is 55.4. The van der Waals surface area contributed by atoms with Gasteiger partial charge in [0.1, 0.15) is 23.0 Å². The summed E-state index contributed by atoms with van der Waals surface area (Å²) in [5.41, 5.74) is 0.315. The molecule has 0 saturated carbocycles. The number of carbonyl (C=O) groups excluding carboxylic acids is 4. The van der Waals surface area contributed by atoms with Gasteiger partial charge in [-0.2, -0.15) is 0 Å². The molecule has 2 aromatic rings. The number of thioether (sulfide) groups is 2. The molecule has 270 valence electrons. The first kappa shape index (κ1) is 40.1. The van der Waals surface area contributed by atoms with E-state index >= 15 is 0 Å². The third-order valence-electron chi connectivity index (χ3n) is 7.37. The summed E-state index contributed by atoms with van der Waals surface area (Å²) in [6.45, 7) is 15.4. The van der Waals surface area contributed by atoms with Gasteiger partial charge in [0.05, 0.1) is 12.4 Å². The quantitative estimate of drug-likeness (QED) is 0.202. The van der Waals surface area contributed by atoms with Crippen molar-refractivity contribution in [2.75, 3.05) is 25.5 Å². The van der Waals surface area contributed by atoms with E-state index in [4.69, 9.17) is 14.2 Å². The molecule has 1 fully saturated rings. The van der Waals surface area contributed by atoms with E-state index in [0.29, 0.717) is 37.2 Å². The van der Waals surface area contributed by atoms with Gasteiger partial charge in [-0.05, 0) is 108 Å². The van der Waals surface area contributed by atoms with Crippen molar-refractivity contribution >= 4 is 52.4 Å². The van der Waals surface area contributed by atoms with Crippen LogP contribution >= 0.6 is 23.5 Å². The fourth-order valence-electron chi connectivity index (χ4n) is 5.15. The number of nitrogens with one attached hydrogen (secondary N) is 2. The topological polar surface area (TPSA) is 123 Å². The second-order valence-electron chi connectivity index (χ2n) is 14.6. The van der Waals surface area contributed by atoms with Gasteiger partial charge in [0.25, 0.3) is 0 Å².